The van der Waals surface area contributed by atoms with Gasteiger partial charge in [0, 0.05) is 26.2 Å². The third-order valence-electron chi connectivity index (χ3n) is 3.93. The maximum absolute atomic E-state index is 12.4. The zero-order chi connectivity index (χ0) is 16.8. The molecule has 2 heterocycles. The minimum atomic E-state index is -0.124. The second-order valence-corrected chi connectivity index (χ2v) is 6.38. The number of morpholine rings is 1. The lowest BCUT2D eigenvalue weighted by Crippen LogP contribution is -2.39. The fourth-order valence-corrected chi connectivity index (χ4v) is 2.95. The molecule has 0 bridgehead atoms. The van der Waals surface area contributed by atoms with E-state index in [0.29, 0.717) is 23.5 Å². The summed E-state index contributed by atoms with van der Waals surface area (Å²) < 4.78 is 13.0. The van der Waals surface area contributed by atoms with Gasteiger partial charge in [-0.25, -0.2) is 4.98 Å². The van der Waals surface area contributed by atoms with E-state index in [9.17, 15) is 4.79 Å². The molecular weight excluding hydrogens is 374 g/mol. The second-order valence-electron chi connectivity index (χ2n) is 5.59. The summed E-state index contributed by atoms with van der Waals surface area (Å²) in [4.78, 5) is 19.0. The molecule has 2 aromatic rings. The fraction of sp³-hybridized carbons (Fsp3) is 0.412. The van der Waals surface area contributed by atoms with Crippen LogP contribution in [-0.2, 0) is 17.9 Å². The van der Waals surface area contributed by atoms with Crippen molar-refractivity contribution in [2.45, 2.75) is 13.2 Å². The molecule has 128 valence electrons. The first kappa shape index (κ1) is 17.1. The monoisotopic (exact) mass is 393 g/mol. The van der Waals surface area contributed by atoms with Crippen LogP contribution in [0.25, 0.3) is 0 Å². The van der Waals surface area contributed by atoms with Crippen molar-refractivity contribution < 1.29 is 9.47 Å². The Bertz CT molecular complexity index is 715. The molecule has 3 rings (SSSR count). The number of halogens is 1. The molecule has 1 saturated heterocycles. The van der Waals surface area contributed by atoms with Crippen molar-refractivity contribution in [1.82, 2.24) is 14.5 Å². The van der Waals surface area contributed by atoms with Gasteiger partial charge in [0.25, 0.3) is 5.56 Å². The zero-order valence-electron chi connectivity index (χ0n) is 13.4. The van der Waals surface area contributed by atoms with Crippen molar-refractivity contribution in [3.63, 3.8) is 0 Å². The molecule has 1 aliphatic heterocycles. The Labute approximate surface area is 149 Å². The van der Waals surface area contributed by atoms with Crippen molar-refractivity contribution >= 4 is 15.9 Å². The van der Waals surface area contributed by atoms with Gasteiger partial charge in [0.05, 0.1) is 13.2 Å². The molecule has 24 heavy (non-hydrogen) atoms. The van der Waals surface area contributed by atoms with Crippen LogP contribution in [0.1, 0.15) is 5.56 Å². The molecule has 0 saturated carbocycles. The van der Waals surface area contributed by atoms with Crippen LogP contribution in [-0.4, -0.2) is 47.3 Å². The van der Waals surface area contributed by atoms with Gasteiger partial charge in [0.15, 0.2) is 0 Å². The summed E-state index contributed by atoms with van der Waals surface area (Å²) >= 11 is 3.32. The first-order valence-electron chi connectivity index (χ1n) is 7.96. The van der Waals surface area contributed by atoms with Gasteiger partial charge in [0.2, 0.25) is 5.88 Å². The molecule has 1 aromatic carbocycles. The van der Waals surface area contributed by atoms with Crippen LogP contribution in [0, 0.1) is 0 Å². The Kier molecular flexibility index (Phi) is 6.01. The third-order valence-corrected chi connectivity index (χ3v) is 4.61. The van der Waals surface area contributed by atoms with E-state index in [4.69, 9.17) is 9.47 Å². The molecule has 1 aromatic heterocycles. The van der Waals surface area contributed by atoms with E-state index in [-0.39, 0.29) is 5.56 Å². The van der Waals surface area contributed by atoms with Crippen molar-refractivity contribution in [2.75, 3.05) is 32.8 Å². The van der Waals surface area contributed by atoms with E-state index in [1.165, 1.54) is 0 Å². The number of aromatic nitrogens is 2. The topological polar surface area (TPSA) is 56.6 Å². The highest BCUT2D eigenvalue weighted by Gasteiger charge is 2.13. The van der Waals surface area contributed by atoms with Crippen LogP contribution in [0.2, 0.25) is 0 Å². The Morgan fingerprint density at radius 1 is 1.17 bits per heavy atom. The molecule has 1 fully saturated rings. The molecule has 0 radical (unpaired) electrons. The quantitative estimate of drug-likeness (QED) is 0.750. The molecular formula is C17H20BrN3O3. The highest BCUT2D eigenvalue weighted by atomic mass is 79.9. The minimum absolute atomic E-state index is 0.124. The number of rotatable bonds is 6. The van der Waals surface area contributed by atoms with Gasteiger partial charge in [0.1, 0.15) is 17.4 Å². The SMILES string of the molecule is O=c1c(Br)c(OCc2ccccc2)ncn1CCN1CCOCC1. The van der Waals surface area contributed by atoms with E-state index < -0.39 is 0 Å². The Morgan fingerprint density at radius 3 is 2.67 bits per heavy atom. The van der Waals surface area contributed by atoms with Crippen LogP contribution >= 0.6 is 15.9 Å². The number of hydrogen-bond acceptors (Lipinski definition) is 5. The fourth-order valence-electron chi connectivity index (χ4n) is 2.51. The smallest absolute Gasteiger partial charge is 0.271 e. The molecule has 6 nitrogen and oxygen atoms in total. The lowest BCUT2D eigenvalue weighted by atomic mass is 10.2. The highest BCUT2D eigenvalue weighted by Crippen LogP contribution is 2.18. The molecule has 0 spiro atoms. The average Bonchev–Trinajstić information content (AvgIpc) is 2.64. The highest BCUT2D eigenvalue weighted by molar-refractivity contribution is 9.10. The number of hydrogen-bond donors (Lipinski definition) is 0. The molecule has 0 aliphatic carbocycles. The standard InChI is InChI=1S/C17H20BrN3O3/c18-15-16(24-12-14-4-2-1-3-5-14)19-13-21(17(15)22)7-6-20-8-10-23-11-9-20/h1-5,13H,6-12H2. The van der Waals surface area contributed by atoms with Gasteiger partial charge in [-0.05, 0) is 21.5 Å². The molecule has 0 unspecified atom stereocenters. The number of benzene rings is 1. The minimum Gasteiger partial charge on any atom is -0.472 e. The summed E-state index contributed by atoms with van der Waals surface area (Å²) in [6, 6.07) is 9.79. The van der Waals surface area contributed by atoms with E-state index in [1.807, 2.05) is 30.3 Å². The van der Waals surface area contributed by atoms with Crippen molar-refractivity contribution in [1.29, 1.82) is 0 Å². The Hall–Kier alpha value is -1.70. The summed E-state index contributed by atoms with van der Waals surface area (Å²) in [5.74, 6) is 0.325. The second kappa shape index (κ2) is 8.41. The van der Waals surface area contributed by atoms with Crippen LogP contribution in [0.15, 0.2) is 45.9 Å². The number of nitrogens with zero attached hydrogens (tertiary/aromatic N) is 3. The summed E-state index contributed by atoms with van der Waals surface area (Å²) in [5.41, 5.74) is 0.906. The van der Waals surface area contributed by atoms with Gasteiger partial charge in [-0.2, -0.15) is 0 Å². The van der Waals surface area contributed by atoms with Crippen molar-refractivity contribution in [3.05, 3.63) is 57.0 Å². The zero-order valence-corrected chi connectivity index (χ0v) is 14.9. The van der Waals surface area contributed by atoms with Gasteiger partial charge < -0.3 is 9.47 Å². The van der Waals surface area contributed by atoms with E-state index in [0.717, 1.165) is 38.4 Å². The van der Waals surface area contributed by atoms with Crippen LogP contribution in [0.5, 0.6) is 5.88 Å². The van der Waals surface area contributed by atoms with Crippen LogP contribution < -0.4 is 10.3 Å². The molecule has 0 amide bonds. The predicted molar refractivity (Wildman–Crippen MR) is 94.2 cm³/mol. The van der Waals surface area contributed by atoms with E-state index in [2.05, 4.69) is 25.8 Å². The van der Waals surface area contributed by atoms with Crippen molar-refractivity contribution in [2.24, 2.45) is 0 Å². The van der Waals surface area contributed by atoms with Gasteiger partial charge in [-0.15, -0.1) is 0 Å². The lowest BCUT2D eigenvalue weighted by molar-refractivity contribution is 0.0362. The van der Waals surface area contributed by atoms with Gasteiger partial charge in [-0.3, -0.25) is 14.3 Å². The molecule has 0 atom stereocenters. The summed E-state index contributed by atoms with van der Waals surface area (Å²) in [7, 11) is 0. The first-order valence-corrected chi connectivity index (χ1v) is 8.75. The van der Waals surface area contributed by atoms with E-state index in [1.54, 1.807) is 10.9 Å². The molecule has 7 heteroatoms. The van der Waals surface area contributed by atoms with Crippen LogP contribution in [0.3, 0.4) is 0 Å². The normalized spacial score (nSPS) is 15.4. The van der Waals surface area contributed by atoms with Crippen molar-refractivity contribution in [3.8, 4) is 5.88 Å². The summed E-state index contributed by atoms with van der Waals surface area (Å²) in [6.45, 7) is 5.10. The predicted octanol–water partition coefficient (Wildman–Crippen LogP) is 1.92. The Morgan fingerprint density at radius 2 is 1.92 bits per heavy atom. The van der Waals surface area contributed by atoms with Crippen LogP contribution in [0.4, 0.5) is 0 Å². The molecule has 1 aliphatic rings. The largest absolute Gasteiger partial charge is 0.472 e. The maximum Gasteiger partial charge on any atom is 0.271 e. The first-order chi connectivity index (χ1) is 11.7. The molecule has 0 N–H and O–H groups in total. The van der Waals surface area contributed by atoms with Gasteiger partial charge in [-0.1, -0.05) is 30.3 Å². The summed E-state index contributed by atoms with van der Waals surface area (Å²) in [5, 5.41) is 0. The summed E-state index contributed by atoms with van der Waals surface area (Å²) in [6.07, 6.45) is 1.55. The van der Waals surface area contributed by atoms with Gasteiger partial charge >= 0.3 is 0 Å². The van der Waals surface area contributed by atoms with E-state index >= 15 is 0 Å². The lowest BCUT2D eigenvalue weighted by Gasteiger charge is -2.26. The maximum atomic E-state index is 12.4. The Balaban J connectivity index is 1.61. The number of ether oxygens (including phenoxy) is 2. The average molecular weight is 394 g/mol. The third kappa shape index (κ3) is 4.43.